The molecule has 8 heteroatoms. The number of amides is 3. The monoisotopic (exact) mass is 524 g/mol. The van der Waals surface area contributed by atoms with Crippen molar-refractivity contribution in [2.45, 2.75) is 89.9 Å². The minimum Gasteiger partial charge on any atom is -0.409 e. The number of nitrogens with zero attached hydrogens (tertiary/aromatic N) is 2. The van der Waals surface area contributed by atoms with Gasteiger partial charge in [-0.15, -0.1) is 0 Å². The second kappa shape index (κ2) is 10.3. The van der Waals surface area contributed by atoms with E-state index in [2.05, 4.69) is 33.9 Å². The zero-order chi connectivity index (χ0) is 27.0. The van der Waals surface area contributed by atoms with E-state index >= 15 is 0 Å². The number of benzene rings is 2. The molecule has 0 aliphatic carbocycles. The maximum atomic E-state index is 14.1. The molecule has 0 spiro atoms. The van der Waals surface area contributed by atoms with Gasteiger partial charge in [0.1, 0.15) is 18.2 Å². The summed E-state index contributed by atoms with van der Waals surface area (Å²) in [6.07, 6.45) is -1.15. The van der Waals surface area contributed by atoms with Crippen molar-refractivity contribution in [2.75, 3.05) is 6.61 Å². The van der Waals surface area contributed by atoms with Crippen LogP contribution < -0.4 is 0 Å². The molecular formula is C29H40N2O5Si. The van der Waals surface area contributed by atoms with Gasteiger partial charge in [0.15, 0.2) is 14.1 Å². The van der Waals surface area contributed by atoms with E-state index in [-0.39, 0.29) is 23.5 Å². The number of carbonyl (C=O) groups excluding carboxylic acids is 2. The molecule has 37 heavy (non-hydrogen) atoms. The highest BCUT2D eigenvalue weighted by Crippen LogP contribution is 2.41. The second-order valence-corrected chi connectivity index (χ2v) is 16.7. The predicted molar refractivity (Wildman–Crippen MR) is 145 cm³/mol. The average molecular weight is 525 g/mol. The van der Waals surface area contributed by atoms with Crippen molar-refractivity contribution in [3.63, 3.8) is 0 Å². The van der Waals surface area contributed by atoms with Crippen molar-refractivity contribution in [3.05, 3.63) is 71.8 Å². The highest BCUT2D eigenvalue weighted by molar-refractivity contribution is 6.74. The molecule has 4 rings (SSSR count). The van der Waals surface area contributed by atoms with Gasteiger partial charge in [0.2, 0.25) is 0 Å². The molecule has 3 amide bonds. The van der Waals surface area contributed by atoms with Crippen molar-refractivity contribution in [2.24, 2.45) is 0 Å². The number of hydrogen-bond acceptors (Lipinski definition) is 5. The lowest BCUT2D eigenvalue weighted by atomic mass is 10.0. The molecular weight excluding hydrogens is 484 g/mol. The fourth-order valence-electron chi connectivity index (χ4n) is 4.57. The second-order valence-electron chi connectivity index (χ2n) is 12.0. The van der Waals surface area contributed by atoms with E-state index in [0.29, 0.717) is 13.2 Å². The van der Waals surface area contributed by atoms with Crippen LogP contribution in [0.15, 0.2) is 60.7 Å². The molecule has 0 bridgehead atoms. The van der Waals surface area contributed by atoms with Crippen LogP contribution in [0.2, 0.25) is 18.1 Å². The summed E-state index contributed by atoms with van der Waals surface area (Å²) in [6, 6.07) is 18.2. The van der Waals surface area contributed by atoms with Gasteiger partial charge < -0.3 is 18.8 Å². The van der Waals surface area contributed by atoms with Crippen LogP contribution in [-0.2, 0) is 31.8 Å². The van der Waals surface area contributed by atoms with Crippen LogP contribution in [0.4, 0.5) is 4.79 Å². The SMILES string of the molecule is CC1(C)OC[C@H]([C@@H](O[Si](C)(C)C(C)(C)C)[C@H]2C(=O)N(Cc3ccccc3)C(=O)N2Cc2ccccc2)O1. The first-order valence-corrected chi connectivity index (χ1v) is 15.9. The zero-order valence-corrected chi connectivity index (χ0v) is 24.1. The van der Waals surface area contributed by atoms with Crippen LogP contribution in [0.1, 0.15) is 45.7 Å². The van der Waals surface area contributed by atoms with Crippen LogP contribution >= 0.6 is 0 Å². The summed E-state index contributed by atoms with van der Waals surface area (Å²) < 4.78 is 19.1. The predicted octanol–water partition coefficient (Wildman–Crippen LogP) is 5.56. The first-order chi connectivity index (χ1) is 17.3. The maximum absolute atomic E-state index is 14.1. The largest absolute Gasteiger partial charge is 0.409 e. The number of imide groups is 1. The van der Waals surface area contributed by atoms with Gasteiger partial charge in [0.25, 0.3) is 5.91 Å². The number of hydrogen-bond donors (Lipinski definition) is 0. The van der Waals surface area contributed by atoms with Crippen LogP contribution in [0, 0.1) is 0 Å². The van der Waals surface area contributed by atoms with Gasteiger partial charge in [-0.2, -0.15) is 0 Å². The summed E-state index contributed by atoms with van der Waals surface area (Å²) in [5, 5.41) is -0.0973. The smallest absolute Gasteiger partial charge is 0.328 e. The summed E-state index contributed by atoms with van der Waals surface area (Å²) in [6.45, 7) is 15.3. The highest BCUT2D eigenvalue weighted by Gasteiger charge is 2.55. The van der Waals surface area contributed by atoms with Gasteiger partial charge in [-0.05, 0) is 43.1 Å². The minimum absolute atomic E-state index is 0.0973. The molecule has 0 aromatic heterocycles. The Morgan fingerprint density at radius 3 is 2.00 bits per heavy atom. The van der Waals surface area contributed by atoms with Gasteiger partial charge in [-0.1, -0.05) is 81.4 Å². The molecule has 200 valence electrons. The summed E-state index contributed by atoms with van der Waals surface area (Å²) in [5.41, 5.74) is 1.85. The fourth-order valence-corrected chi connectivity index (χ4v) is 5.89. The lowest BCUT2D eigenvalue weighted by Gasteiger charge is -2.43. The van der Waals surface area contributed by atoms with Crippen LogP contribution in [0.3, 0.4) is 0 Å². The lowest BCUT2D eigenvalue weighted by Crippen LogP contribution is -2.57. The molecule has 2 fully saturated rings. The molecule has 2 aliphatic rings. The first kappa shape index (κ1) is 27.5. The molecule has 3 atom stereocenters. The van der Waals surface area contributed by atoms with Crippen molar-refractivity contribution in [3.8, 4) is 0 Å². The van der Waals surface area contributed by atoms with Crippen LogP contribution in [0.25, 0.3) is 0 Å². The Labute approximate surface area is 221 Å². The van der Waals surface area contributed by atoms with Crippen LogP contribution in [0.5, 0.6) is 0 Å². The van der Waals surface area contributed by atoms with Crippen molar-refractivity contribution in [1.29, 1.82) is 0 Å². The van der Waals surface area contributed by atoms with E-state index in [1.54, 1.807) is 4.90 Å². The Hall–Kier alpha value is -2.52. The summed E-state index contributed by atoms with van der Waals surface area (Å²) in [5.74, 6) is -1.05. The third-order valence-corrected chi connectivity index (χ3v) is 12.1. The van der Waals surface area contributed by atoms with Crippen LogP contribution in [-0.4, -0.2) is 60.7 Å². The molecule has 2 saturated heterocycles. The van der Waals surface area contributed by atoms with Gasteiger partial charge >= 0.3 is 6.03 Å². The Kier molecular flexibility index (Phi) is 7.68. The minimum atomic E-state index is -2.36. The topological polar surface area (TPSA) is 68.3 Å². The maximum Gasteiger partial charge on any atom is 0.328 e. The highest BCUT2D eigenvalue weighted by atomic mass is 28.4. The first-order valence-electron chi connectivity index (χ1n) is 13.0. The van der Waals surface area contributed by atoms with Gasteiger partial charge in [-0.3, -0.25) is 9.69 Å². The molecule has 2 aromatic carbocycles. The molecule has 0 radical (unpaired) electrons. The lowest BCUT2D eigenvalue weighted by molar-refractivity contribution is -0.157. The Balaban J connectivity index is 1.75. The number of urea groups is 1. The molecule has 2 aliphatic heterocycles. The Morgan fingerprint density at radius 2 is 1.51 bits per heavy atom. The standard InChI is InChI=1S/C29H40N2O5Si/c1-28(2,3)37(6,7)36-25(23-20-34-29(4,5)35-23)24-26(32)31(19-22-16-12-9-13-17-22)27(33)30(24)18-21-14-10-8-11-15-21/h8-17,23-25H,18-20H2,1-7H3/t23-,24+,25-/m1/s1. The zero-order valence-electron chi connectivity index (χ0n) is 23.1. The van der Waals surface area contributed by atoms with Crippen molar-refractivity contribution >= 4 is 20.3 Å². The van der Waals surface area contributed by atoms with Gasteiger partial charge in [0.05, 0.1) is 13.2 Å². The molecule has 0 N–H and O–H groups in total. The molecule has 2 aromatic rings. The van der Waals surface area contributed by atoms with Crippen molar-refractivity contribution in [1.82, 2.24) is 9.80 Å². The summed E-state index contributed by atoms with van der Waals surface area (Å²) in [4.78, 5) is 31.0. The number of ether oxygens (including phenoxy) is 2. The van der Waals surface area contributed by atoms with E-state index < -0.39 is 32.4 Å². The summed E-state index contributed by atoms with van der Waals surface area (Å²) >= 11 is 0. The Bertz CT molecular complexity index is 1100. The third kappa shape index (κ3) is 5.98. The number of rotatable bonds is 8. The fraction of sp³-hybridized carbons (Fsp3) is 0.517. The van der Waals surface area contributed by atoms with E-state index in [4.69, 9.17) is 13.9 Å². The summed E-state index contributed by atoms with van der Waals surface area (Å²) in [7, 11) is -2.36. The van der Waals surface area contributed by atoms with E-state index in [1.165, 1.54) is 4.90 Å². The molecule has 2 heterocycles. The van der Waals surface area contributed by atoms with E-state index in [1.807, 2.05) is 74.5 Å². The molecule has 0 unspecified atom stereocenters. The number of carbonyl (C=O) groups is 2. The molecule has 0 saturated carbocycles. The van der Waals surface area contributed by atoms with Gasteiger partial charge in [-0.25, -0.2) is 4.79 Å². The van der Waals surface area contributed by atoms with E-state index in [9.17, 15) is 9.59 Å². The van der Waals surface area contributed by atoms with Gasteiger partial charge in [0, 0.05) is 6.54 Å². The van der Waals surface area contributed by atoms with E-state index in [0.717, 1.165) is 11.1 Å². The van der Waals surface area contributed by atoms with Crippen molar-refractivity contribution < 1.29 is 23.5 Å². The quantitative estimate of drug-likeness (QED) is 0.334. The average Bonchev–Trinajstić information content (AvgIpc) is 3.30. The molecule has 7 nitrogen and oxygen atoms in total. The third-order valence-electron chi connectivity index (χ3n) is 7.66. The Morgan fingerprint density at radius 1 is 0.973 bits per heavy atom. The normalized spacial score (nSPS) is 23.1.